The fourth-order valence-electron chi connectivity index (χ4n) is 3.19. The molecule has 2 aromatic rings. The molecule has 3 rings (SSSR count). The lowest BCUT2D eigenvalue weighted by molar-refractivity contribution is 0.0535. The van der Waals surface area contributed by atoms with Crippen molar-refractivity contribution in [3.63, 3.8) is 0 Å². The first kappa shape index (κ1) is 19.7. The van der Waals surface area contributed by atoms with E-state index in [-0.39, 0.29) is 11.8 Å². The van der Waals surface area contributed by atoms with Crippen LogP contribution in [0.25, 0.3) is 0 Å². The van der Waals surface area contributed by atoms with Crippen LogP contribution in [0.2, 0.25) is 0 Å². The molecular formula is C21H25N3O4. The Hall–Kier alpha value is -3.06. The average molecular weight is 383 g/mol. The van der Waals surface area contributed by atoms with Crippen molar-refractivity contribution in [2.45, 2.75) is 6.54 Å². The van der Waals surface area contributed by atoms with Gasteiger partial charge in [-0.3, -0.25) is 9.59 Å². The number of carbonyl (C=O) groups excluding carboxylic acids is 2. The van der Waals surface area contributed by atoms with E-state index in [1.807, 2.05) is 12.1 Å². The second-order valence-corrected chi connectivity index (χ2v) is 6.59. The summed E-state index contributed by atoms with van der Waals surface area (Å²) in [4.78, 5) is 29.0. The molecule has 2 N–H and O–H groups in total. The first-order chi connectivity index (χ1) is 13.5. The molecule has 0 radical (unpaired) electrons. The Bertz CT molecular complexity index is 821. The molecule has 7 nitrogen and oxygen atoms in total. The van der Waals surface area contributed by atoms with Crippen molar-refractivity contribution >= 4 is 11.8 Å². The standard InChI is InChI=1S/C21H25N3O4/c1-27-18-11-17(12-19(13-18)28-2)21(26)24-9-7-23(8-10-24)20(25)16-5-3-15(14-22)4-6-16/h3-6,11-13H,7-10,14,22H2,1-2H3. The zero-order valence-electron chi connectivity index (χ0n) is 16.2. The molecule has 1 aliphatic heterocycles. The van der Waals surface area contributed by atoms with Gasteiger partial charge in [-0.15, -0.1) is 0 Å². The van der Waals surface area contributed by atoms with Gasteiger partial charge in [0.1, 0.15) is 11.5 Å². The molecule has 0 aromatic heterocycles. The van der Waals surface area contributed by atoms with Crippen LogP contribution in [0.3, 0.4) is 0 Å². The summed E-state index contributed by atoms with van der Waals surface area (Å²) in [6.07, 6.45) is 0. The van der Waals surface area contributed by atoms with Gasteiger partial charge >= 0.3 is 0 Å². The average Bonchev–Trinajstić information content (AvgIpc) is 2.77. The van der Waals surface area contributed by atoms with Gasteiger partial charge in [0.25, 0.3) is 11.8 Å². The number of nitrogens with two attached hydrogens (primary N) is 1. The van der Waals surface area contributed by atoms with E-state index in [4.69, 9.17) is 15.2 Å². The van der Waals surface area contributed by atoms with Gasteiger partial charge in [-0.1, -0.05) is 12.1 Å². The molecule has 2 amide bonds. The summed E-state index contributed by atoms with van der Waals surface area (Å²) in [6.45, 7) is 2.38. The lowest BCUT2D eigenvalue weighted by Gasteiger charge is -2.35. The minimum atomic E-state index is -0.100. The van der Waals surface area contributed by atoms with Crippen molar-refractivity contribution in [2.75, 3.05) is 40.4 Å². The summed E-state index contributed by atoms with van der Waals surface area (Å²) in [7, 11) is 3.10. The molecule has 1 aliphatic rings. The highest BCUT2D eigenvalue weighted by atomic mass is 16.5. The Morgan fingerprint density at radius 2 is 1.29 bits per heavy atom. The maximum atomic E-state index is 12.9. The number of hydrogen-bond donors (Lipinski definition) is 1. The lowest BCUT2D eigenvalue weighted by atomic mass is 10.1. The lowest BCUT2D eigenvalue weighted by Crippen LogP contribution is -2.50. The highest BCUT2D eigenvalue weighted by Gasteiger charge is 2.26. The number of carbonyl (C=O) groups is 2. The van der Waals surface area contributed by atoms with Crippen LogP contribution in [-0.2, 0) is 6.54 Å². The highest BCUT2D eigenvalue weighted by Crippen LogP contribution is 2.24. The topological polar surface area (TPSA) is 85.1 Å². The van der Waals surface area contributed by atoms with Crippen LogP contribution >= 0.6 is 0 Å². The zero-order valence-corrected chi connectivity index (χ0v) is 16.2. The molecule has 1 saturated heterocycles. The van der Waals surface area contributed by atoms with E-state index in [2.05, 4.69) is 0 Å². The summed E-state index contributed by atoms with van der Waals surface area (Å²) < 4.78 is 10.5. The maximum Gasteiger partial charge on any atom is 0.254 e. The predicted octanol–water partition coefficient (Wildman–Crippen LogP) is 1.76. The predicted molar refractivity (Wildman–Crippen MR) is 106 cm³/mol. The number of piperazine rings is 1. The van der Waals surface area contributed by atoms with Crippen molar-refractivity contribution in [1.82, 2.24) is 9.80 Å². The minimum absolute atomic E-state index is 0.0290. The van der Waals surface area contributed by atoms with Gasteiger partial charge in [-0.05, 0) is 29.8 Å². The Labute approximate surface area is 164 Å². The summed E-state index contributed by atoms with van der Waals surface area (Å²) in [5.74, 6) is 1.00. The summed E-state index contributed by atoms with van der Waals surface area (Å²) >= 11 is 0. The van der Waals surface area contributed by atoms with Crippen LogP contribution in [0.15, 0.2) is 42.5 Å². The van der Waals surface area contributed by atoms with Gasteiger partial charge in [0, 0.05) is 49.9 Å². The molecule has 0 atom stereocenters. The highest BCUT2D eigenvalue weighted by molar-refractivity contribution is 5.96. The third-order valence-corrected chi connectivity index (χ3v) is 4.89. The Kier molecular flexibility index (Phi) is 6.16. The second kappa shape index (κ2) is 8.75. The van der Waals surface area contributed by atoms with Crippen molar-refractivity contribution in [1.29, 1.82) is 0 Å². The van der Waals surface area contributed by atoms with Gasteiger partial charge in [0.05, 0.1) is 14.2 Å². The third-order valence-electron chi connectivity index (χ3n) is 4.89. The van der Waals surface area contributed by atoms with Crippen LogP contribution in [0, 0.1) is 0 Å². The third kappa shape index (κ3) is 4.26. The van der Waals surface area contributed by atoms with Crippen molar-refractivity contribution < 1.29 is 19.1 Å². The second-order valence-electron chi connectivity index (χ2n) is 6.59. The fraction of sp³-hybridized carbons (Fsp3) is 0.333. The monoisotopic (exact) mass is 383 g/mol. The van der Waals surface area contributed by atoms with Crippen LogP contribution in [0.4, 0.5) is 0 Å². The SMILES string of the molecule is COc1cc(OC)cc(C(=O)N2CCN(C(=O)c3ccc(CN)cc3)CC2)c1. The largest absolute Gasteiger partial charge is 0.497 e. The van der Waals surface area contributed by atoms with Crippen molar-refractivity contribution in [3.05, 3.63) is 59.2 Å². The summed E-state index contributed by atoms with van der Waals surface area (Å²) in [5, 5.41) is 0. The minimum Gasteiger partial charge on any atom is -0.497 e. The smallest absolute Gasteiger partial charge is 0.254 e. The van der Waals surface area contributed by atoms with E-state index in [0.29, 0.717) is 55.3 Å². The molecular weight excluding hydrogens is 358 g/mol. The molecule has 1 fully saturated rings. The van der Waals surface area contributed by atoms with Crippen LogP contribution in [0.5, 0.6) is 11.5 Å². The Balaban J connectivity index is 1.64. The number of ether oxygens (including phenoxy) is 2. The fourth-order valence-corrected chi connectivity index (χ4v) is 3.19. The number of hydrogen-bond acceptors (Lipinski definition) is 5. The van der Waals surface area contributed by atoms with Gasteiger partial charge in [-0.25, -0.2) is 0 Å². The van der Waals surface area contributed by atoms with Crippen molar-refractivity contribution in [3.8, 4) is 11.5 Å². The number of nitrogens with zero attached hydrogens (tertiary/aromatic N) is 2. The number of benzene rings is 2. The molecule has 0 aliphatic carbocycles. The molecule has 2 aromatic carbocycles. The van der Waals surface area contributed by atoms with E-state index in [9.17, 15) is 9.59 Å². The van der Waals surface area contributed by atoms with Gasteiger partial charge < -0.3 is 25.0 Å². The van der Waals surface area contributed by atoms with E-state index < -0.39 is 0 Å². The molecule has 0 bridgehead atoms. The van der Waals surface area contributed by atoms with Crippen LogP contribution < -0.4 is 15.2 Å². The van der Waals surface area contributed by atoms with Gasteiger partial charge in [0.15, 0.2) is 0 Å². The summed E-state index contributed by atoms with van der Waals surface area (Å²) in [6, 6.07) is 12.4. The van der Waals surface area contributed by atoms with E-state index in [0.717, 1.165) is 5.56 Å². The summed E-state index contributed by atoms with van der Waals surface area (Å²) in [5.41, 5.74) is 7.73. The van der Waals surface area contributed by atoms with Crippen LogP contribution in [0.1, 0.15) is 26.3 Å². The van der Waals surface area contributed by atoms with Crippen molar-refractivity contribution in [2.24, 2.45) is 5.73 Å². The quantitative estimate of drug-likeness (QED) is 0.850. The van der Waals surface area contributed by atoms with E-state index in [1.54, 1.807) is 54.4 Å². The maximum absolute atomic E-state index is 12.9. The number of amides is 2. The Morgan fingerprint density at radius 1 is 0.821 bits per heavy atom. The molecule has 0 unspecified atom stereocenters. The molecule has 0 saturated carbocycles. The molecule has 0 spiro atoms. The van der Waals surface area contributed by atoms with Crippen LogP contribution in [-0.4, -0.2) is 62.0 Å². The Morgan fingerprint density at radius 3 is 1.71 bits per heavy atom. The molecule has 148 valence electrons. The number of methoxy groups -OCH3 is 2. The molecule has 28 heavy (non-hydrogen) atoms. The first-order valence-electron chi connectivity index (χ1n) is 9.16. The van der Waals surface area contributed by atoms with Gasteiger partial charge in [-0.2, -0.15) is 0 Å². The normalized spacial score (nSPS) is 14.0. The zero-order chi connectivity index (χ0) is 20.1. The molecule has 7 heteroatoms. The number of rotatable bonds is 5. The van der Waals surface area contributed by atoms with E-state index >= 15 is 0 Å². The first-order valence-corrected chi connectivity index (χ1v) is 9.16. The van der Waals surface area contributed by atoms with Gasteiger partial charge in [0.2, 0.25) is 0 Å². The van der Waals surface area contributed by atoms with E-state index in [1.165, 1.54) is 0 Å². The molecule has 1 heterocycles.